The highest BCUT2D eigenvalue weighted by Gasteiger charge is 2.27. The molecule has 0 saturated heterocycles. The number of aliphatic hydroxyl groups is 1. The molecular formula is C8H12F2N4O3. The van der Waals surface area contributed by atoms with Gasteiger partial charge in [-0.3, -0.25) is 0 Å². The van der Waals surface area contributed by atoms with Crippen molar-refractivity contribution in [3.63, 3.8) is 0 Å². The normalized spacial score (nSPS) is 11.1. The lowest BCUT2D eigenvalue weighted by Crippen LogP contribution is -2.31. The molecule has 7 nitrogen and oxygen atoms in total. The van der Waals surface area contributed by atoms with Gasteiger partial charge in [0, 0.05) is 0 Å². The standard InChI is InChI=1S/C8H12F2N4O3/c1-16-6-12-5(13-7(14-6)17-2)11-3-8(9,10)4-15/h15H,3-4H2,1-2H3,(H,11,12,13,14). The number of anilines is 1. The second-order valence-electron chi connectivity index (χ2n) is 3.00. The molecule has 0 aliphatic rings. The Bertz CT molecular complexity index is 356. The highest BCUT2D eigenvalue weighted by atomic mass is 19.3. The summed E-state index contributed by atoms with van der Waals surface area (Å²) in [6.45, 7) is -2.07. The highest BCUT2D eigenvalue weighted by molar-refractivity contribution is 5.27. The number of nitrogens with zero attached hydrogens (tertiary/aromatic N) is 3. The maximum absolute atomic E-state index is 12.8. The minimum atomic E-state index is -3.26. The van der Waals surface area contributed by atoms with E-state index in [9.17, 15) is 8.78 Å². The number of ether oxygens (including phenoxy) is 2. The molecule has 0 aromatic carbocycles. The molecule has 0 aliphatic carbocycles. The lowest BCUT2D eigenvalue weighted by Gasteiger charge is -2.14. The van der Waals surface area contributed by atoms with E-state index in [1.165, 1.54) is 14.2 Å². The van der Waals surface area contributed by atoms with Gasteiger partial charge in [-0.05, 0) is 0 Å². The van der Waals surface area contributed by atoms with Gasteiger partial charge in [0.1, 0.15) is 6.61 Å². The van der Waals surface area contributed by atoms with Crippen molar-refractivity contribution in [1.82, 2.24) is 15.0 Å². The minimum Gasteiger partial charge on any atom is -0.467 e. The van der Waals surface area contributed by atoms with Gasteiger partial charge < -0.3 is 19.9 Å². The predicted octanol–water partition coefficient (Wildman–Crippen LogP) is -0.0717. The van der Waals surface area contributed by atoms with Crippen LogP contribution in [0.3, 0.4) is 0 Å². The lowest BCUT2D eigenvalue weighted by atomic mass is 10.3. The van der Waals surface area contributed by atoms with Crippen LogP contribution in [0, 0.1) is 0 Å². The van der Waals surface area contributed by atoms with E-state index in [1.54, 1.807) is 0 Å². The zero-order chi connectivity index (χ0) is 12.9. The summed E-state index contributed by atoms with van der Waals surface area (Å²) in [5.74, 6) is -3.38. The number of aromatic nitrogens is 3. The number of hydrogen-bond acceptors (Lipinski definition) is 7. The molecule has 0 spiro atoms. The summed E-state index contributed by atoms with van der Waals surface area (Å²) in [6.07, 6.45) is 0. The van der Waals surface area contributed by atoms with Crippen LogP contribution in [0.4, 0.5) is 14.7 Å². The number of nitrogens with one attached hydrogen (secondary N) is 1. The number of aliphatic hydroxyl groups excluding tert-OH is 1. The molecule has 0 radical (unpaired) electrons. The molecule has 1 heterocycles. The van der Waals surface area contributed by atoms with Crippen LogP contribution >= 0.6 is 0 Å². The molecule has 1 aromatic heterocycles. The van der Waals surface area contributed by atoms with Crippen molar-refractivity contribution in [3.05, 3.63) is 0 Å². The molecule has 0 bridgehead atoms. The Kier molecular flexibility index (Phi) is 4.32. The van der Waals surface area contributed by atoms with Crippen molar-refractivity contribution in [3.8, 4) is 12.0 Å². The van der Waals surface area contributed by atoms with Gasteiger partial charge >= 0.3 is 12.0 Å². The van der Waals surface area contributed by atoms with Crippen LogP contribution in [-0.4, -0.2) is 53.4 Å². The van der Waals surface area contributed by atoms with Gasteiger partial charge in [-0.15, -0.1) is 4.98 Å². The predicted molar refractivity (Wildman–Crippen MR) is 53.5 cm³/mol. The van der Waals surface area contributed by atoms with Gasteiger partial charge in [0.15, 0.2) is 0 Å². The van der Waals surface area contributed by atoms with E-state index in [2.05, 4.69) is 20.3 Å². The van der Waals surface area contributed by atoms with Gasteiger partial charge in [0.2, 0.25) is 5.95 Å². The number of hydrogen-bond donors (Lipinski definition) is 2. The topological polar surface area (TPSA) is 89.4 Å². The Morgan fingerprint density at radius 2 is 1.71 bits per heavy atom. The van der Waals surface area contributed by atoms with Crippen molar-refractivity contribution < 1.29 is 23.4 Å². The Balaban J connectivity index is 2.76. The molecule has 2 N–H and O–H groups in total. The summed E-state index contributed by atoms with van der Waals surface area (Å²) >= 11 is 0. The van der Waals surface area contributed by atoms with Crippen LogP contribution in [0.25, 0.3) is 0 Å². The number of methoxy groups -OCH3 is 2. The van der Waals surface area contributed by atoms with Crippen LogP contribution in [0.15, 0.2) is 0 Å². The Hall–Kier alpha value is -1.77. The van der Waals surface area contributed by atoms with Crippen LogP contribution in [0.1, 0.15) is 0 Å². The van der Waals surface area contributed by atoms with E-state index in [4.69, 9.17) is 14.6 Å². The maximum atomic E-state index is 12.8. The van der Waals surface area contributed by atoms with Crippen molar-refractivity contribution in [2.75, 3.05) is 32.7 Å². The highest BCUT2D eigenvalue weighted by Crippen LogP contribution is 2.15. The monoisotopic (exact) mass is 250 g/mol. The largest absolute Gasteiger partial charge is 0.467 e. The van der Waals surface area contributed by atoms with Gasteiger partial charge in [0.05, 0.1) is 20.8 Å². The first kappa shape index (κ1) is 13.3. The SMILES string of the molecule is COc1nc(NCC(F)(F)CO)nc(OC)n1. The van der Waals surface area contributed by atoms with Gasteiger partial charge in [-0.25, -0.2) is 8.78 Å². The second kappa shape index (κ2) is 5.53. The maximum Gasteiger partial charge on any atom is 0.324 e. The number of halogens is 2. The fraction of sp³-hybridized carbons (Fsp3) is 0.625. The van der Waals surface area contributed by atoms with Gasteiger partial charge in [-0.1, -0.05) is 0 Å². The summed E-state index contributed by atoms with van der Waals surface area (Å²) in [7, 11) is 2.64. The number of rotatable bonds is 6. The molecule has 0 saturated carbocycles. The smallest absolute Gasteiger partial charge is 0.324 e. The molecule has 0 unspecified atom stereocenters. The van der Waals surface area contributed by atoms with Crippen molar-refractivity contribution >= 4 is 5.95 Å². The van der Waals surface area contributed by atoms with Crippen LogP contribution in [0.2, 0.25) is 0 Å². The lowest BCUT2D eigenvalue weighted by molar-refractivity contribution is -0.0374. The van der Waals surface area contributed by atoms with E-state index in [1.807, 2.05) is 0 Å². The molecule has 9 heteroatoms. The zero-order valence-electron chi connectivity index (χ0n) is 9.28. The first-order valence-electron chi connectivity index (χ1n) is 4.57. The Labute approximate surface area is 95.8 Å². The fourth-order valence-electron chi connectivity index (χ4n) is 0.864. The quantitative estimate of drug-likeness (QED) is 0.730. The first-order chi connectivity index (χ1) is 8.00. The van der Waals surface area contributed by atoms with E-state index in [0.717, 1.165) is 0 Å². The molecule has 1 aromatic rings. The third-order valence-corrected chi connectivity index (χ3v) is 1.70. The van der Waals surface area contributed by atoms with Crippen molar-refractivity contribution in [2.24, 2.45) is 0 Å². The zero-order valence-corrected chi connectivity index (χ0v) is 9.28. The minimum absolute atomic E-state index is 0.0633. The molecule has 0 fully saturated rings. The third-order valence-electron chi connectivity index (χ3n) is 1.70. The van der Waals surface area contributed by atoms with Gasteiger partial charge in [-0.2, -0.15) is 9.97 Å². The van der Waals surface area contributed by atoms with Crippen LogP contribution in [0.5, 0.6) is 12.0 Å². The molecule has 0 atom stereocenters. The summed E-state index contributed by atoms with van der Waals surface area (Å²) in [5, 5.41) is 10.6. The van der Waals surface area contributed by atoms with E-state index < -0.39 is 19.1 Å². The van der Waals surface area contributed by atoms with E-state index in [-0.39, 0.29) is 18.0 Å². The molecule has 96 valence electrons. The summed E-state index contributed by atoms with van der Waals surface area (Å²) in [6, 6.07) is -0.127. The summed E-state index contributed by atoms with van der Waals surface area (Å²) < 4.78 is 35.0. The van der Waals surface area contributed by atoms with Gasteiger partial charge in [0.25, 0.3) is 5.92 Å². The van der Waals surface area contributed by atoms with Crippen molar-refractivity contribution in [2.45, 2.75) is 5.92 Å². The van der Waals surface area contributed by atoms with Crippen molar-refractivity contribution in [1.29, 1.82) is 0 Å². The Morgan fingerprint density at radius 1 is 1.18 bits per heavy atom. The third kappa shape index (κ3) is 3.94. The first-order valence-corrected chi connectivity index (χ1v) is 4.57. The van der Waals surface area contributed by atoms with E-state index in [0.29, 0.717) is 0 Å². The molecular weight excluding hydrogens is 238 g/mol. The van der Waals surface area contributed by atoms with Crippen LogP contribution in [-0.2, 0) is 0 Å². The molecule has 1 rings (SSSR count). The van der Waals surface area contributed by atoms with E-state index >= 15 is 0 Å². The fourth-order valence-corrected chi connectivity index (χ4v) is 0.864. The number of alkyl halides is 2. The molecule has 0 amide bonds. The summed E-state index contributed by atoms with van der Waals surface area (Å²) in [4.78, 5) is 11.1. The summed E-state index contributed by atoms with van der Waals surface area (Å²) in [5.41, 5.74) is 0. The second-order valence-corrected chi connectivity index (χ2v) is 3.00. The average Bonchev–Trinajstić information content (AvgIpc) is 2.36. The average molecular weight is 250 g/mol. The molecule has 0 aliphatic heterocycles. The van der Waals surface area contributed by atoms with Crippen LogP contribution < -0.4 is 14.8 Å². The molecule has 17 heavy (non-hydrogen) atoms. The Morgan fingerprint density at radius 3 is 2.12 bits per heavy atom.